The molecule has 0 aliphatic heterocycles. The van der Waals surface area contributed by atoms with Gasteiger partial charge in [0, 0.05) is 5.69 Å². The molecule has 7 N–H and O–H groups in total. The van der Waals surface area contributed by atoms with Gasteiger partial charge < -0.3 is 22.0 Å². The summed E-state index contributed by atoms with van der Waals surface area (Å²) in [5.41, 5.74) is 17.1. The quantitative estimate of drug-likeness (QED) is 0.194. The van der Waals surface area contributed by atoms with Crippen molar-refractivity contribution in [1.29, 1.82) is 0 Å². The number of hydrogen-bond acceptors (Lipinski definition) is 6. The molecule has 0 aliphatic rings. The van der Waals surface area contributed by atoms with Crippen LogP contribution in [0.25, 0.3) is 11.1 Å². The highest BCUT2D eigenvalue weighted by Gasteiger charge is 2.30. The monoisotopic (exact) mass is 498 g/mol. The van der Waals surface area contributed by atoms with Gasteiger partial charge in [0.1, 0.15) is 5.69 Å². The van der Waals surface area contributed by atoms with Crippen LogP contribution in [0.3, 0.4) is 0 Å². The molecule has 3 aromatic rings. The third-order valence-electron chi connectivity index (χ3n) is 5.18. The van der Waals surface area contributed by atoms with Crippen molar-refractivity contribution in [3.05, 3.63) is 82.8 Å². The van der Waals surface area contributed by atoms with Crippen LogP contribution < -0.4 is 27.5 Å². The number of anilines is 1. The first kappa shape index (κ1) is 25.3. The number of hydrogen-bond donors (Lipinski definition) is 4. The molecule has 184 valence electrons. The Labute approximate surface area is 202 Å². The highest BCUT2D eigenvalue weighted by atomic mass is 32.2. The third-order valence-corrected chi connectivity index (χ3v) is 6.56. The number of aryl methyl sites for hydroxylation is 1. The van der Waals surface area contributed by atoms with Crippen molar-refractivity contribution in [3.63, 3.8) is 0 Å². The number of aromatic nitrogens is 1. The SMILES string of the molecule is Cc1ccc(NS(=O)(=O)c2ccc(-c3ccccc3)cc2)c(=O)n1C(C(N)=O)C(C)ON=C(N)N. The minimum atomic E-state index is -4.12. The van der Waals surface area contributed by atoms with Crippen molar-refractivity contribution in [2.24, 2.45) is 22.4 Å². The zero-order valence-electron chi connectivity index (χ0n) is 19.1. The molecule has 0 saturated carbocycles. The maximum absolute atomic E-state index is 13.2. The van der Waals surface area contributed by atoms with Gasteiger partial charge in [-0.15, -0.1) is 0 Å². The summed E-state index contributed by atoms with van der Waals surface area (Å²) in [5, 5.41) is 3.40. The van der Waals surface area contributed by atoms with Crippen LogP contribution in [0.1, 0.15) is 18.7 Å². The lowest BCUT2D eigenvalue weighted by molar-refractivity contribution is -0.125. The highest BCUT2D eigenvalue weighted by Crippen LogP contribution is 2.23. The number of carbonyl (C=O) groups is 1. The van der Waals surface area contributed by atoms with Crippen molar-refractivity contribution < 1.29 is 18.0 Å². The van der Waals surface area contributed by atoms with Gasteiger partial charge in [0.05, 0.1) is 4.90 Å². The minimum Gasteiger partial charge on any atom is -0.387 e. The molecule has 0 saturated heterocycles. The van der Waals surface area contributed by atoms with E-state index < -0.39 is 33.6 Å². The van der Waals surface area contributed by atoms with Gasteiger partial charge in [-0.1, -0.05) is 42.5 Å². The minimum absolute atomic E-state index is 0.0420. The molecule has 12 heteroatoms. The second-order valence-electron chi connectivity index (χ2n) is 7.73. The van der Waals surface area contributed by atoms with E-state index in [1.165, 1.54) is 31.2 Å². The lowest BCUT2D eigenvalue weighted by Crippen LogP contribution is -2.42. The predicted octanol–water partition coefficient (Wildman–Crippen LogP) is 1.24. The Bertz CT molecular complexity index is 1400. The lowest BCUT2D eigenvalue weighted by atomic mass is 10.1. The lowest BCUT2D eigenvalue weighted by Gasteiger charge is -2.24. The summed E-state index contributed by atoms with van der Waals surface area (Å²) < 4.78 is 29.3. The molecule has 1 aromatic heterocycles. The van der Waals surface area contributed by atoms with Crippen LogP contribution in [-0.4, -0.2) is 31.0 Å². The second-order valence-corrected chi connectivity index (χ2v) is 9.42. The van der Waals surface area contributed by atoms with Crippen molar-refractivity contribution in [1.82, 2.24) is 4.57 Å². The number of nitrogens with zero attached hydrogens (tertiary/aromatic N) is 2. The number of guanidine groups is 1. The number of oxime groups is 1. The zero-order valence-corrected chi connectivity index (χ0v) is 19.9. The van der Waals surface area contributed by atoms with Gasteiger partial charge in [-0.25, -0.2) is 8.42 Å². The second kappa shape index (κ2) is 10.3. The van der Waals surface area contributed by atoms with E-state index in [1.807, 2.05) is 30.3 Å². The molecule has 2 atom stereocenters. The van der Waals surface area contributed by atoms with Gasteiger partial charge in [0.25, 0.3) is 15.6 Å². The van der Waals surface area contributed by atoms with Crippen LogP contribution in [0.4, 0.5) is 5.69 Å². The Hall–Kier alpha value is -4.32. The number of sulfonamides is 1. The first-order chi connectivity index (χ1) is 16.5. The maximum atomic E-state index is 13.2. The van der Waals surface area contributed by atoms with Crippen LogP contribution >= 0.6 is 0 Å². The molecule has 2 unspecified atom stereocenters. The van der Waals surface area contributed by atoms with Crippen molar-refractivity contribution in [2.75, 3.05) is 4.72 Å². The van der Waals surface area contributed by atoms with E-state index in [0.717, 1.165) is 15.7 Å². The molecule has 0 bridgehead atoms. The standard InChI is InChI=1S/C23H26N6O5S/c1-14-8-13-19(22(31)29(14)20(21(24)30)15(2)34-27-23(25)26)28-35(32,33)18-11-9-17(10-12-18)16-6-4-3-5-7-16/h3-13,15,20,28H,1-2H3,(H2,24,30)(H4,25,26,27). The summed E-state index contributed by atoms with van der Waals surface area (Å²) >= 11 is 0. The topological polar surface area (TPSA) is 185 Å². The molecule has 3 rings (SSSR count). The number of nitrogens with one attached hydrogen (secondary N) is 1. The summed E-state index contributed by atoms with van der Waals surface area (Å²) in [5.74, 6) is -1.28. The normalized spacial score (nSPS) is 12.9. The average molecular weight is 499 g/mol. The summed E-state index contributed by atoms with van der Waals surface area (Å²) in [6, 6.07) is 17.1. The van der Waals surface area contributed by atoms with E-state index in [0.29, 0.717) is 5.69 Å². The van der Waals surface area contributed by atoms with E-state index in [-0.39, 0.29) is 16.5 Å². The molecule has 0 fully saturated rings. The average Bonchev–Trinajstić information content (AvgIpc) is 2.82. The Balaban J connectivity index is 1.95. The molecule has 0 spiro atoms. The molecule has 1 amide bonds. The zero-order chi connectivity index (χ0) is 25.8. The predicted molar refractivity (Wildman–Crippen MR) is 133 cm³/mol. The van der Waals surface area contributed by atoms with Crippen molar-refractivity contribution >= 4 is 27.6 Å². The summed E-state index contributed by atoms with van der Waals surface area (Å²) in [7, 11) is -4.12. The third kappa shape index (κ3) is 5.79. The molecular formula is C23H26N6O5S. The van der Waals surface area contributed by atoms with E-state index in [9.17, 15) is 18.0 Å². The van der Waals surface area contributed by atoms with Gasteiger partial charge >= 0.3 is 0 Å². The largest absolute Gasteiger partial charge is 0.387 e. The number of primary amides is 1. The number of amides is 1. The summed E-state index contributed by atoms with van der Waals surface area (Å²) in [6.45, 7) is 3.00. The molecule has 0 radical (unpaired) electrons. The molecule has 11 nitrogen and oxygen atoms in total. The van der Waals surface area contributed by atoms with Crippen LogP contribution in [0, 0.1) is 6.92 Å². The van der Waals surface area contributed by atoms with E-state index in [1.54, 1.807) is 19.1 Å². The smallest absolute Gasteiger partial charge is 0.275 e. The van der Waals surface area contributed by atoms with Gasteiger partial charge in [0.15, 0.2) is 12.1 Å². The number of benzene rings is 2. The Kier molecular flexibility index (Phi) is 7.45. The van der Waals surface area contributed by atoms with Gasteiger partial charge in [-0.2, -0.15) is 0 Å². The number of rotatable bonds is 9. The highest BCUT2D eigenvalue weighted by molar-refractivity contribution is 7.92. The fourth-order valence-electron chi connectivity index (χ4n) is 3.50. The first-order valence-electron chi connectivity index (χ1n) is 10.5. The van der Waals surface area contributed by atoms with E-state index >= 15 is 0 Å². The fraction of sp³-hybridized carbons (Fsp3) is 0.174. The fourth-order valence-corrected chi connectivity index (χ4v) is 4.56. The molecule has 2 aromatic carbocycles. The molecule has 1 heterocycles. The van der Waals surface area contributed by atoms with Crippen LogP contribution in [0.15, 0.2) is 81.6 Å². The Morgan fingerprint density at radius 3 is 2.14 bits per heavy atom. The summed E-state index contributed by atoms with van der Waals surface area (Å²) in [6.07, 6.45) is -1.04. The molecule has 0 aliphatic carbocycles. The Morgan fingerprint density at radius 2 is 1.57 bits per heavy atom. The number of carbonyl (C=O) groups excluding carboxylic acids is 1. The van der Waals surface area contributed by atoms with E-state index in [2.05, 4.69) is 9.88 Å². The van der Waals surface area contributed by atoms with Crippen molar-refractivity contribution in [2.45, 2.75) is 30.9 Å². The Morgan fingerprint density at radius 1 is 0.971 bits per heavy atom. The van der Waals surface area contributed by atoms with E-state index in [4.69, 9.17) is 22.0 Å². The van der Waals surface area contributed by atoms with Crippen molar-refractivity contribution in [3.8, 4) is 11.1 Å². The van der Waals surface area contributed by atoms with Crippen LogP contribution in [0.2, 0.25) is 0 Å². The van der Waals surface area contributed by atoms with Gasteiger partial charge in [-0.3, -0.25) is 18.9 Å². The number of nitrogens with two attached hydrogens (primary N) is 3. The van der Waals surface area contributed by atoms with Gasteiger partial charge in [-0.05, 0) is 54.4 Å². The molecular weight excluding hydrogens is 472 g/mol. The number of pyridine rings is 1. The molecule has 35 heavy (non-hydrogen) atoms. The first-order valence-corrected chi connectivity index (χ1v) is 11.9. The van der Waals surface area contributed by atoms with Gasteiger partial charge in [0.2, 0.25) is 11.9 Å². The summed E-state index contributed by atoms with van der Waals surface area (Å²) in [4.78, 5) is 30.4. The van der Waals surface area contributed by atoms with Crippen LogP contribution in [-0.2, 0) is 19.7 Å². The maximum Gasteiger partial charge on any atom is 0.275 e. The van der Waals surface area contributed by atoms with Crippen LogP contribution in [0.5, 0.6) is 0 Å².